The second kappa shape index (κ2) is 18.3. The number of ether oxygens (including phenoxy) is 2. The summed E-state index contributed by atoms with van der Waals surface area (Å²) in [6.45, 7) is 9.14. The lowest BCUT2D eigenvalue weighted by Gasteiger charge is -2.15. The second-order valence-corrected chi connectivity index (χ2v) is 15.6. The summed E-state index contributed by atoms with van der Waals surface area (Å²) in [6.07, 6.45) is 0. The molecule has 6 aromatic carbocycles. The van der Waals surface area contributed by atoms with Crippen LogP contribution in [-0.4, -0.2) is 38.2 Å². The van der Waals surface area contributed by atoms with Crippen molar-refractivity contribution in [1.29, 1.82) is 0 Å². The molecule has 62 heavy (non-hydrogen) atoms. The maximum absolute atomic E-state index is 13.1. The molecule has 0 atom stereocenters. The number of hydrogen-bond acceptors (Lipinski definition) is 9. The molecule has 0 aliphatic heterocycles. The predicted octanol–water partition coefficient (Wildman–Crippen LogP) is 9.98. The van der Waals surface area contributed by atoms with Gasteiger partial charge in [-0.3, -0.25) is 19.2 Å². The van der Waals surface area contributed by atoms with E-state index < -0.39 is 10.6 Å². The van der Waals surface area contributed by atoms with Crippen molar-refractivity contribution < 1.29 is 14.4 Å². The zero-order chi connectivity index (χ0) is 44.1. The van der Waals surface area contributed by atoms with Crippen LogP contribution in [0.15, 0.2) is 143 Å². The molecule has 12 nitrogen and oxygen atoms in total. The van der Waals surface area contributed by atoms with Gasteiger partial charge in [-0.2, -0.15) is 9.97 Å². The molecule has 0 bridgehead atoms. The second-order valence-electron chi connectivity index (χ2n) is 15.6. The largest absolute Gasteiger partial charge is 0.497 e. The lowest BCUT2D eigenvalue weighted by atomic mass is 9.99. The summed E-state index contributed by atoms with van der Waals surface area (Å²) in [5, 5.41) is 12.8. The highest BCUT2D eigenvalue weighted by Crippen LogP contribution is 2.32. The van der Waals surface area contributed by atoms with E-state index in [9.17, 15) is 19.7 Å². The summed E-state index contributed by atoms with van der Waals surface area (Å²) >= 11 is 0. The van der Waals surface area contributed by atoms with Gasteiger partial charge in [-0.05, 0) is 82.6 Å². The Balaban J connectivity index is 0.000000187. The van der Waals surface area contributed by atoms with Crippen LogP contribution in [-0.2, 0) is 13.1 Å². The highest BCUT2D eigenvalue weighted by atomic mass is 16.6. The Kier molecular flexibility index (Phi) is 12.6. The molecule has 0 unspecified atom stereocenters. The van der Waals surface area contributed by atoms with Crippen molar-refractivity contribution in [3.05, 3.63) is 187 Å². The smallest absolute Gasteiger partial charge is 0.348 e. The van der Waals surface area contributed by atoms with Crippen LogP contribution in [0.3, 0.4) is 0 Å². The number of benzene rings is 6. The van der Waals surface area contributed by atoms with E-state index in [1.165, 1.54) is 27.8 Å². The maximum Gasteiger partial charge on any atom is 0.348 e. The van der Waals surface area contributed by atoms with Crippen LogP contribution in [0.5, 0.6) is 11.5 Å². The van der Waals surface area contributed by atoms with Crippen molar-refractivity contribution in [1.82, 2.24) is 19.1 Å². The Morgan fingerprint density at radius 3 is 1.44 bits per heavy atom. The fourth-order valence-electron chi connectivity index (χ4n) is 7.40. The van der Waals surface area contributed by atoms with Gasteiger partial charge < -0.3 is 15.2 Å². The van der Waals surface area contributed by atoms with Gasteiger partial charge >= 0.3 is 11.4 Å². The third kappa shape index (κ3) is 9.24. The molecule has 2 N–H and O–H groups in total. The molecule has 0 amide bonds. The summed E-state index contributed by atoms with van der Waals surface area (Å²) in [4.78, 5) is 45.6. The standard InChI is InChI=1S/C25H23N3O4.C25H25N3O2/c1-16(2)18-7-9-19(10-8-18)24-22-14-21(32-3)11-12-23(22)27(25(29)26-24)15-17-5-4-6-20(13-17)28(30)31;1-16(2)18-7-9-19(10-8-18)24-22-14-21(30-3)11-12-23(22)28(25(29)27-24)15-17-5-4-6-20(26)13-17/h4-14,16H,15H2,1-3H3;4-14,16H,15,26H2,1-3H3. The van der Waals surface area contributed by atoms with Crippen LogP contribution in [0.4, 0.5) is 11.4 Å². The van der Waals surface area contributed by atoms with E-state index in [-0.39, 0.29) is 17.9 Å². The third-order valence-electron chi connectivity index (χ3n) is 10.8. The van der Waals surface area contributed by atoms with Gasteiger partial charge in [-0.1, -0.05) is 100 Å². The first-order chi connectivity index (χ1) is 29.8. The first-order valence-corrected chi connectivity index (χ1v) is 20.3. The molecule has 2 aromatic heterocycles. The van der Waals surface area contributed by atoms with Crippen molar-refractivity contribution in [3.63, 3.8) is 0 Å². The van der Waals surface area contributed by atoms with Gasteiger partial charge in [-0.15, -0.1) is 0 Å². The lowest BCUT2D eigenvalue weighted by Crippen LogP contribution is -2.24. The first-order valence-electron chi connectivity index (χ1n) is 20.3. The molecular weight excluding hydrogens is 781 g/mol. The summed E-state index contributed by atoms with van der Waals surface area (Å²) in [5.41, 5.74) is 14.4. The topological polar surface area (TPSA) is 157 Å². The summed E-state index contributed by atoms with van der Waals surface area (Å²) < 4.78 is 14.0. The Hall–Kier alpha value is -7.60. The minimum Gasteiger partial charge on any atom is -0.497 e. The molecule has 0 aliphatic carbocycles. The van der Waals surface area contributed by atoms with E-state index in [1.54, 1.807) is 37.0 Å². The van der Waals surface area contributed by atoms with Crippen molar-refractivity contribution in [2.75, 3.05) is 20.0 Å². The normalized spacial score (nSPS) is 11.2. The number of nitro groups is 1. The van der Waals surface area contributed by atoms with E-state index in [2.05, 4.69) is 49.8 Å². The highest BCUT2D eigenvalue weighted by molar-refractivity contribution is 5.94. The minimum absolute atomic E-state index is 0.0173. The highest BCUT2D eigenvalue weighted by Gasteiger charge is 2.17. The molecule has 8 rings (SSSR count). The number of hydrogen-bond donors (Lipinski definition) is 1. The number of nitro benzene ring substituents is 1. The van der Waals surface area contributed by atoms with Crippen LogP contribution >= 0.6 is 0 Å². The molecule has 12 heteroatoms. The van der Waals surface area contributed by atoms with Gasteiger partial charge in [0.2, 0.25) is 0 Å². The maximum atomic E-state index is 13.1. The molecule has 314 valence electrons. The van der Waals surface area contributed by atoms with Crippen molar-refractivity contribution in [2.45, 2.75) is 52.6 Å². The Labute approximate surface area is 359 Å². The number of methoxy groups -OCH3 is 2. The summed E-state index contributed by atoms with van der Waals surface area (Å²) in [6, 6.07) is 41.3. The van der Waals surface area contributed by atoms with Gasteiger partial charge in [-0.25, -0.2) is 9.59 Å². The molecule has 0 saturated heterocycles. The van der Waals surface area contributed by atoms with Crippen LogP contribution in [0.2, 0.25) is 0 Å². The van der Waals surface area contributed by atoms with E-state index in [1.807, 2.05) is 91.0 Å². The molecule has 0 fully saturated rings. The number of non-ortho nitro benzene ring substituents is 1. The van der Waals surface area contributed by atoms with E-state index in [0.717, 1.165) is 38.7 Å². The molecule has 0 radical (unpaired) electrons. The molecule has 0 aliphatic rings. The number of nitrogens with zero attached hydrogens (tertiary/aromatic N) is 5. The van der Waals surface area contributed by atoms with E-state index in [0.29, 0.717) is 52.3 Å². The average Bonchev–Trinajstić information content (AvgIpc) is 3.28. The number of aromatic nitrogens is 4. The average molecular weight is 829 g/mol. The molecule has 0 saturated carbocycles. The number of nitrogen functional groups attached to an aromatic ring is 1. The molecule has 0 spiro atoms. The van der Waals surface area contributed by atoms with Gasteiger partial charge in [0.15, 0.2) is 0 Å². The van der Waals surface area contributed by atoms with Crippen molar-refractivity contribution in [2.24, 2.45) is 0 Å². The van der Waals surface area contributed by atoms with Gasteiger partial charge in [0.25, 0.3) is 5.69 Å². The Morgan fingerprint density at radius 1 is 0.597 bits per heavy atom. The molecular formula is C50H48N6O6. The summed E-state index contributed by atoms with van der Waals surface area (Å²) in [5.74, 6) is 2.21. The number of rotatable bonds is 11. The lowest BCUT2D eigenvalue weighted by molar-refractivity contribution is -0.384. The first kappa shape index (κ1) is 42.5. The fourth-order valence-corrected chi connectivity index (χ4v) is 7.40. The minimum atomic E-state index is -0.447. The van der Waals surface area contributed by atoms with E-state index in [4.69, 9.17) is 15.2 Å². The zero-order valence-electron chi connectivity index (χ0n) is 35.5. The third-order valence-corrected chi connectivity index (χ3v) is 10.8. The summed E-state index contributed by atoms with van der Waals surface area (Å²) in [7, 11) is 3.22. The van der Waals surface area contributed by atoms with Crippen LogP contribution in [0.1, 0.15) is 61.8 Å². The van der Waals surface area contributed by atoms with Crippen LogP contribution in [0.25, 0.3) is 44.3 Å². The quantitative estimate of drug-likeness (QED) is 0.0761. The Morgan fingerprint density at radius 2 is 1.03 bits per heavy atom. The monoisotopic (exact) mass is 828 g/mol. The fraction of sp³-hybridized carbons (Fsp3) is 0.200. The van der Waals surface area contributed by atoms with Crippen molar-refractivity contribution >= 4 is 33.2 Å². The molecule has 8 aromatic rings. The van der Waals surface area contributed by atoms with Gasteiger partial charge in [0, 0.05) is 39.7 Å². The van der Waals surface area contributed by atoms with Crippen LogP contribution < -0.4 is 26.6 Å². The zero-order valence-corrected chi connectivity index (χ0v) is 35.5. The predicted molar refractivity (Wildman–Crippen MR) is 246 cm³/mol. The van der Waals surface area contributed by atoms with Crippen LogP contribution in [0, 0.1) is 10.1 Å². The number of anilines is 1. The Bertz CT molecular complexity index is 3030. The number of nitrogens with two attached hydrogens (primary N) is 1. The SMILES string of the molecule is COc1ccc2c(c1)c(-c1ccc(C(C)C)cc1)nc(=O)n2Cc1cccc(N)c1.COc1ccc2c(c1)c(-c1ccc(C(C)C)cc1)nc(=O)n2Cc1cccc([N+](=O)[O-])c1. The van der Waals surface area contributed by atoms with E-state index >= 15 is 0 Å². The van der Waals surface area contributed by atoms with Crippen molar-refractivity contribution in [3.8, 4) is 34.0 Å². The molecule has 2 heterocycles. The number of fused-ring (bicyclic) bond motifs is 2. The van der Waals surface area contributed by atoms with Gasteiger partial charge in [0.05, 0.1) is 54.7 Å². The van der Waals surface area contributed by atoms with Gasteiger partial charge in [0.1, 0.15) is 11.5 Å².